The van der Waals surface area contributed by atoms with E-state index < -0.39 is 0 Å². The molecule has 0 aromatic rings. The molecule has 3 fully saturated rings. The first-order valence-electron chi connectivity index (χ1n) is 7.90. The average molecular weight is 296 g/mol. The Morgan fingerprint density at radius 3 is 2.62 bits per heavy atom. The van der Waals surface area contributed by atoms with E-state index in [0.29, 0.717) is 13.2 Å². The molecular formula is C15H24N2O4. The first-order chi connectivity index (χ1) is 10.2. The van der Waals surface area contributed by atoms with Crippen molar-refractivity contribution in [2.75, 3.05) is 40.0 Å². The number of ether oxygens (including phenoxy) is 2. The number of morpholine rings is 1. The lowest BCUT2D eigenvalue weighted by Gasteiger charge is -2.37. The lowest BCUT2D eigenvalue weighted by molar-refractivity contribution is -0.154. The van der Waals surface area contributed by atoms with Gasteiger partial charge in [0, 0.05) is 39.3 Å². The van der Waals surface area contributed by atoms with E-state index in [4.69, 9.17) is 9.47 Å². The number of carbonyl (C=O) groups is 2. The first kappa shape index (κ1) is 14.8. The maximum Gasteiger partial charge on any atom is 0.248 e. The van der Waals surface area contributed by atoms with Crippen LogP contribution in [0.25, 0.3) is 0 Å². The Balaban J connectivity index is 1.62. The lowest BCUT2D eigenvalue weighted by Crippen LogP contribution is -2.52. The summed E-state index contributed by atoms with van der Waals surface area (Å²) in [7, 11) is 1.85. The van der Waals surface area contributed by atoms with Crippen molar-refractivity contribution in [1.82, 2.24) is 9.80 Å². The van der Waals surface area contributed by atoms with Gasteiger partial charge in [-0.05, 0) is 25.7 Å². The van der Waals surface area contributed by atoms with E-state index in [2.05, 4.69) is 0 Å². The third kappa shape index (κ3) is 3.06. The van der Waals surface area contributed by atoms with Crippen LogP contribution in [0.15, 0.2) is 0 Å². The third-order valence-electron chi connectivity index (χ3n) is 5.00. The van der Waals surface area contributed by atoms with Gasteiger partial charge in [0.2, 0.25) is 11.8 Å². The summed E-state index contributed by atoms with van der Waals surface area (Å²) in [6.07, 6.45) is 3.35. The van der Waals surface area contributed by atoms with Gasteiger partial charge in [-0.25, -0.2) is 0 Å². The highest BCUT2D eigenvalue weighted by molar-refractivity contribution is 5.79. The van der Waals surface area contributed by atoms with Crippen LogP contribution in [-0.4, -0.2) is 73.7 Å². The molecule has 2 atom stereocenters. The van der Waals surface area contributed by atoms with Gasteiger partial charge in [-0.2, -0.15) is 0 Å². The molecule has 3 rings (SSSR count). The van der Waals surface area contributed by atoms with Crippen LogP contribution in [0.3, 0.4) is 0 Å². The summed E-state index contributed by atoms with van der Waals surface area (Å²) < 4.78 is 11.0. The van der Waals surface area contributed by atoms with Gasteiger partial charge in [-0.15, -0.1) is 0 Å². The van der Waals surface area contributed by atoms with E-state index in [1.54, 1.807) is 4.90 Å². The second-order valence-corrected chi connectivity index (χ2v) is 6.21. The first-order valence-corrected chi connectivity index (χ1v) is 7.90. The van der Waals surface area contributed by atoms with Gasteiger partial charge in [0.25, 0.3) is 0 Å². The van der Waals surface area contributed by atoms with Gasteiger partial charge >= 0.3 is 0 Å². The molecule has 3 aliphatic heterocycles. The molecule has 3 heterocycles. The average Bonchev–Trinajstić information content (AvgIpc) is 2.74. The lowest BCUT2D eigenvalue weighted by atomic mass is 9.98. The van der Waals surface area contributed by atoms with Crippen molar-refractivity contribution in [1.29, 1.82) is 0 Å². The predicted molar refractivity (Wildman–Crippen MR) is 75.7 cm³/mol. The molecule has 0 bridgehead atoms. The SMILES string of the molecule is CN1C(=O)CO[C@H]2CCN(C(=O)C3CCOCC3)CC[C@@H]21. The Kier molecular flexibility index (Phi) is 4.45. The Morgan fingerprint density at radius 2 is 1.86 bits per heavy atom. The van der Waals surface area contributed by atoms with Crippen molar-refractivity contribution < 1.29 is 19.1 Å². The van der Waals surface area contributed by atoms with Crippen LogP contribution in [-0.2, 0) is 19.1 Å². The fraction of sp³-hybridized carbons (Fsp3) is 0.867. The van der Waals surface area contributed by atoms with Gasteiger partial charge < -0.3 is 19.3 Å². The Morgan fingerprint density at radius 1 is 1.14 bits per heavy atom. The van der Waals surface area contributed by atoms with Gasteiger partial charge in [0.15, 0.2) is 0 Å². The number of likely N-dealkylation sites (tertiary alicyclic amines) is 1. The fourth-order valence-electron chi connectivity index (χ4n) is 3.59. The van der Waals surface area contributed by atoms with Crippen LogP contribution in [0.4, 0.5) is 0 Å². The second kappa shape index (κ2) is 6.32. The van der Waals surface area contributed by atoms with Gasteiger partial charge in [0.1, 0.15) is 6.61 Å². The van der Waals surface area contributed by atoms with E-state index >= 15 is 0 Å². The van der Waals surface area contributed by atoms with Crippen LogP contribution in [0, 0.1) is 5.92 Å². The molecular weight excluding hydrogens is 272 g/mol. The minimum Gasteiger partial charge on any atom is -0.381 e. The molecule has 0 N–H and O–H groups in total. The van der Waals surface area contributed by atoms with Crippen molar-refractivity contribution in [3.63, 3.8) is 0 Å². The number of amides is 2. The van der Waals surface area contributed by atoms with Crippen molar-refractivity contribution in [2.45, 2.75) is 37.8 Å². The van der Waals surface area contributed by atoms with Crippen molar-refractivity contribution in [3.05, 3.63) is 0 Å². The fourth-order valence-corrected chi connectivity index (χ4v) is 3.59. The largest absolute Gasteiger partial charge is 0.381 e. The molecule has 6 nitrogen and oxygen atoms in total. The normalized spacial score (nSPS) is 31.8. The zero-order chi connectivity index (χ0) is 14.8. The third-order valence-corrected chi connectivity index (χ3v) is 5.00. The topological polar surface area (TPSA) is 59.1 Å². The van der Waals surface area contributed by atoms with Crippen molar-refractivity contribution in [2.24, 2.45) is 5.92 Å². The van der Waals surface area contributed by atoms with E-state index in [1.807, 2.05) is 11.9 Å². The van der Waals surface area contributed by atoms with Crippen molar-refractivity contribution in [3.8, 4) is 0 Å². The summed E-state index contributed by atoms with van der Waals surface area (Å²) in [5, 5.41) is 0. The van der Waals surface area contributed by atoms with Gasteiger partial charge in [-0.1, -0.05) is 0 Å². The molecule has 3 aliphatic rings. The molecule has 0 spiro atoms. The molecule has 6 heteroatoms. The number of hydrogen-bond donors (Lipinski definition) is 0. The predicted octanol–water partition coefficient (Wildman–Crippen LogP) is 0.261. The van der Waals surface area contributed by atoms with E-state index in [-0.39, 0.29) is 36.5 Å². The Hall–Kier alpha value is -1.14. The standard InChI is InChI=1S/C15H24N2O4/c1-16-12-2-6-17(7-3-13(12)21-10-14(16)18)15(19)11-4-8-20-9-5-11/h11-13H,2-10H2,1H3/t12-,13-/m0/s1. The maximum atomic E-state index is 12.6. The van der Waals surface area contributed by atoms with Gasteiger partial charge in [0.05, 0.1) is 12.1 Å². The summed E-state index contributed by atoms with van der Waals surface area (Å²) in [6.45, 7) is 3.01. The minimum atomic E-state index is 0.0421. The number of nitrogens with zero attached hydrogens (tertiary/aromatic N) is 2. The molecule has 0 aromatic heterocycles. The summed E-state index contributed by atoms with van der Waals surface area (Å²) in [5.74, 6) is 0.408. The zero-order valence-corrected chi connectivity index (χ0v) is 12.6. The molecule has 3 saturated heterocycles. The highest BCUT2D eigenvalue weighted by Gasteiger charge is 2.38. The summed E-state index contributed by atoms with van der Waals surface area (Å²) in [4.78, 5) is 28.1. The molecule has 118 valence electrons. The number of fused-ring (bicyclic) bond motifs is 1. The van der Waals surface area contributed by atoms with Crippen LogP contribution in [0.5, 0.6) is 0 Å². The number of likely N-dealkylation sites (N-methyl/N-ethyl adjacent to an activating group) is 1. The van der Waals surface area contributed by atoms with E-state index in [0.717, 1.165) is 38.8 Å². The van der Waals surface area contributed by atoms with Crippen molar-refractivity contribution >= 4 is 11.8 Å². The van der Waals surface area contributed by atoms with Gasteiger partial charge in [-0.3, -0.25) is 9.59 Å². The van der Waals surface area contributed by atoms with Crippen LogP contribution < -0.4 is 0 Å². The Labute approximate surface area is 125 Å². The zero-order valence-electron chi connectivity index (χ0n) is 12.6. The second-order valence-electron chi connectivity index (χ2n) is 6.21. The summed E-state index contributed by atoms with van der Waals surface area (Å²) in [5.41, 5.74) is 0. The molecule has 0 aromatic carbocycles. The highest BCUT2D eigenvalue weighted by Crippen LogP contribution is 2.25. The molecule has 0 radical (unpaired) electrons. The quantitative estimate of drug-likeness (QED) is 0.696. The minimum absolute atomic E-state index is 0.0421. The summed E-state index contributed by atoms with van der Waals surface area (Å²) >= 11 is 0. The van der Waals surface area contributed by atoms with E-state index in [9.17, 15) is 9.59 Å². The Bertz CT molecular complexity index is 408. The molecule has 0 unspecified atom stereocenters. The van der Waals surface area contributed by atoms with Crippen LogP contribution >= 0.6 is 0 Å². The van der Waals surface area contributed by atoms with Crippen LogP contribution in [0.1, 0.15) is 25.7 Å². The maximum absolute atomic E-state index is 12.6. The number of hydrogen-bond acceptors (Lipinski definition) is 4. The number of rotatable bonds is 1. The summed E-state index contributed by atoms with van der Waals surface area (Å²) in [6, 6.07) is 0.110. The monoisotopic (exact) mass is 296 g/mol. The smallest absolute Gasteiger partial charge is 0.248 e. The molecule has 0 aliphatic carbocycles. The number of carbonyl (C=O) groups excluding carboxylic acids is 2. The molecule has 21 heavy (non-hydrogen) atoms. The molecule has 2 amide bonds. The molecule has 0 saturated carbocycles. The van der Waals surface area contributed by atoms with Crippen LogP contribution in [0.2, 0.25) is 0 Å². The highest BCUT2D eigenvalue weighted by atomic mass is 16.5. The van der Waals surface area contributed by atoms with E-state index in [1.165, 1.54) is 0 Å².